The number of hydrogen-bond acceptors (Lipinski definition) is 2. The molecule has 0 heterocycles. The molecule has 100 valence electrons. The third-order valence-corrected chi connectivity index (χ3v) is 3.90. The van der Waals surface area contributed by atoms with Gasteiger partial charge in [-0.15, -0.1) is 0 Å². The van der Waals surface area contributed by atoms with E-state index in [1.54, 1.807) is 18.2 Å². The SMILES string of the molecule is N#CC1(Nc2cccc(F)c2)CCc2cc(Cl)ccc21. The van der Waals surface area contributed by atoms with Crippen LogP contribution in [0.5, 0.6) is 0 Å². The van der Waals surface area contributed by atoms with E-state index < -0.39 is 5.54 Å². The zero-order valence-electron chi connectivity index (χ0n) is 10.7. The van der Waals surface area contributed by atoms with Gasteiger partial charge in [-0.1, -0.05) is 23.7 Å². The topological polar surface area (TPSA) is 35.8 Å². The monoisotopic (exact) mass is 286 g/mol. The number of nitrogens with one attached hydrogen (secondary N) is 1. The summed E-state index contributed by atoms with van der Waals surface area (Å²) in [5.41, 5.74) is 1.79. The van der Waals surface area contributed by atoms with Crippen molar-refractivity contribution in [1.82, 2.24) is 0 Å². The summed E-state index contributed by atoms with van der Waals surface area (Å²) < 4.78 is 13.3. The highest BCUT2D eigenvalue weighted by atomic mass is 35.5. The van der Waals surface area contributed by atoms with Gasteiger partial charge in [-0.3, -0.25) is 0 Å². The van der Waals surface area contributed by atoms with E-state index in [9.17, 15) is 9.65 Å². The Morgan fingerprint density at radius 2 is 2.10 bits per heavy atom. The van der Waals surface area contributed by atoms with Crippen LogP contribution < -0.4 is 5.32 Å². The molecule has 0 aromatic heterocycles. The lowest BCUT2D eigenvalue weighted by molar-refractivity contribution is 0.612. The highest BCUT2D eigenvalue weighted by Gasteiger charge is 2.39. The molecule has 0 bridgehead atoms. The summed E-state index contributed by atoms with van der Waals surface area (Å²) in [6, 6.07) is 14.1. The largest absolute Gasteiger partial charge is 0.364 e. The number of anilines is 1. The van der Waals surface area contributed by atoms with Crippen molar-refractivity contribution >= 4 is 17.3 Å². The normalized spacial score (nSPS) is 20.2. The predicted octanol–water partition coefficient (Wildman–Crippen LogP) is 4.26. The van der Waals surface area contributed by atoms with Crippen molar-refractivity contribution in [2.45, 2.75) is 18.4 Å². The van der Waals surface area contributed by atoms with E-state index in [1.165, 1.54) is 12.1 Å². The van der Waals surface area contributed by atoms with Crippen LogP contribution in [-0.2, 0) is 12.0 Å². The Morgan fingerprint density at radius 3 is 2.85 bits per heavy atom. The highest BCUT2D eigenvalue weighted by Crippen LogP contribution is 2.40. The van der Waals surface area contributed by atoms with Crippen molar-refractivity contribution < 1.29 is 4.39 Å². The maximum Gasteiger partial charge on any atom is 0.151 e. The molecule has 0 fully saturated rings. The quantitative estimate of drug-likeness (QED) is 0.895. The van der Waals surface area contributed by atoms with Gasteiger partial charge >= 0.3 is 0 Å². The van der Waals surface area contributed by atoms with Gasteiger partial charge < -0.3 is 5.32 Å². The van der Waals surface area contributed by atoms with Gasteiger partial charge in [0.05, 0.1) is 6.07 Å². The van der Waals surface area contributed by atoms with Crippen LogP contribution in [0, 0.1) is 17.1 Å². The molecule has 4 heteroatoms. The molecule has 0 saturated carbocycles. The van der Waals surface area contributed by atoms with Gasteiger partial charge in [0, 0.05) is 10.7 Å². The number of hydrogen-bond donors (Lipinski definition) is 1. The van der Waals surface area contributed by atoms with E-state index in [1.807, 2.05) is 12.1 Å². The molecule has 0 saturated heterocycles. The molecule has 0 radical (unpaired) electrons. The average molecular weight is 287 g/mol. The first-order valence-corrected chi connectivity index (χ1v) is 6.75. The third-order valence-electron chi connectivity index (χ3n) is 3.67. The molecule has 3 rings (SSSR count). The molecular weight excluding hydrogens is 275 g/mol. The van der Waals surface area contributed by atoms with Crippen molar-refractivity contribution in [2.24, 2.45) is 0 Å². The Labute approximate surface area is 121 Å². The third kappa shape index (κ3) is 2.13. The van der Waals surface area contributed by atoms with Crippen LogP contribution in [-0.4, -0.2) is 0 Å². The Bertz CT molecular complexity index is 708. The van der Waals surface area contributed by atoms with E-state index in [0.717, 1.165) is 17.5 Å². The number of aryl methyl sites for hydroxylation is 1. The Balaban J connectivity index is 2.01. The lowest BCUT2D eigenvalue weighted by Crippen LogP contribution is -2.31. The summed E-state index contributed by atoms with van der Waals surface area (Å²) in [4.78, 5) is 0. The summed E-state index contributed by atoms with van der Waals surface area (Å²) in [5.74, 6) is -0.322. The van der Waals surface area contributed by atoms with Gasteiger partial charge in [0.25, 0.3) is 0 Å². The van der Waals surface area contributed by atoms with Gasteiger partial charge in [-0.05, 0) is 54.3 Å². The van der Waals surface area contributed by atoms with Crippen LogP contribution in [0.1, 0.15) is 17.5 Å². The van der Waals surface area contributed by atoms with Crippen LogP contribution in [0.15, 0.2) is 42.5 Å². The zero-order valence-corrected chi connectivity index (χ0v) is 11.4. The second-order valence-corrected chi connectivity index (χ2v) is 5.39. The van der Waals surface area contributed by atoms with E-state index in [-0.39, 0.29) is 5.82 Å². The molecule has 1 N–H and O–H groups in total. The number of nitriles is 1. The summed E-state index contributed by atoms with van der Waals surface area (Å²) in [6.45, 7) is 0. The maximum atomic E-state index is 13.3. The molecule has 0 amide bonds. The smallest absolute Gasteiger partial charge is 0.151 e. The van der Waals surface area contributed by atoms with Crippen LogP contribution in [0.4, 0.5) is 10.1 Å². The number of fused-ring (bicyclic) bond motifs is 1. The molecule has 1 aliphatic rings. The van der Waals surface area contributed by atoms with E-state index in [4.69, 9.17) is 11.6 Å². The molecule has 2 aromatic rings. The number of benzene rings is 2. The molecule has 2 aromatic carbocycles. The molecule has 2 nitrogen and oxygen atoms in total. The first kappa shape index (κ1) is 13.0. The van der Waals surface area contributed by atoms with Crippen molar-refractivity contribution in [3.8, 4) is 6.07 Å². The van der Waals surface area contributed by atoms with Crippen molar-refractivity contribution in [3.63, 3.8) is 0 Å². The lowest BCUT2D eigenvalue weighted by atomic mass is 9.93. The summed E-state index contributed by atoms with van der Waals surface area (Å²) in [6.07, 6.45) is 1.43. The van der Waals surface area contributed by atoms with Crippen LogP contribution in [0.2, 0.25) is 5.02 Å². The Morgan fingerprint density at radius 1 is 1.25 bits per heavy atom. The lowest BCUT2D eigenvalue weighted by Gasteiger charge is -2.25. The van der Waals surface area contributed by atoms with Crippen molar-refractivity contribution in [2.75, 3.05) is 5.32 Å². The van der Waals surface area contributed by atoms with Crippen LogP contribution in [0.25, 0.3) is 0 Å². The fourth-order valence-electron chi connectivity index (χ4n) is 2.73. The summed E-state index contributed by atoms with van der Waals surface area (Å²) >= 11 is 5.99. The first-order valence-electron chi connectivity index (χ1n) is 6.37. The van der Waals surface area contributed by atoms with Gasteiger partial charge in [0.1, 0.15) is 5.82 Å². The standard InChI is InChI=1S/C16H12ClFN2/c17-12-4-5-15-11(8-12)6-7-16(15,10-19)20-14-3-1-2-13(18)9-14/h1-5,8-9,20H,6-7H2. The van der Waals surface area contributed by atoms with E-state index in [0.29, 0.717) is 17.1 Å². The van der Waals surface area contributed by atoms with Crippen LogP contribution >= 0.6 is 11.6 Å². The van der Waals surface area contributed by atoms with Crippen molar-refractivity contribution in [3.05, 3.63) is 64.4 Å². The van der Waals surface area contributed by atoms with Crippen molar-refractivity contribution in [1.29, 1.82) is 5.26 Å². The fraction of sp³-hybridized carbons (Fsp3) is 0.188. The molecular formula is C16H12ClFN2. The number of nitrogens with zero attached hydrogens (tertiary/aromatic N) is 1. The molecule has 1 aliphatic carbocycles. The van der Waals surface area contributed by atoms with Gasteiger partial charge in [-0.25, -0.2) is 4.39 Å². The summed E-state index contributed by atoms with van der Waals surface area (Å²) in [5, 5.41) is 13.5. The fourth-order valence-corrected chi connectivity index (χ4v) is 2.92. The maximum absolute atomic E-state index is 13.3. The van der Waals surface area contributed by atoms with Gasteiger partial charge in [-0.2, -0.15) is 5.26 Å². The predicted molar refractivity (Wildman–Crippen MR) is 77.1 cm³/mol. The van der Waals surface area contributed by atoms with Gasteiger partial charge in [0.2, 0.25) is 0 Å². The number of halogens is 2. The summed E-state index contributed by atoms with van der Waals surface area (Å²) in [7, 11) is 0. The first-order chi connectivity index (χ1) is 9.63. The molecule has 0 aliphatic heterocycles. The van der Waals surface area contributed by atoms with Gasteiger partial charge in [0.15, 0.2) is 5.54 Å². The second kappa shape index (κ2) is 4.81. The minimum Gasteiger partial charge on any atom is -0.364 e. The Hall–Kier alpha value is -2.05. The number of rotatable bonds is 2. The second-order valence-electron chi connectivity index (χ2n) is 4.95. The highest BCUT2D eigenvalue weighted by molar-refractivity contribution is 6.30. The van der Waals surface area contributed by atoms with Crippen LogP contribution in [0.3, 0.4) is 0 Å². The Kier molecular flexibility index (Phi) is 3.11. The average Bonchev–Trinajstić information content (AvgIpc) is 2.77. The molecule has 1 atom stereocenters. The molecule has 0 spiro atoms. The minimum absolute atomic E-state index is 0.322. The minimum atomic E-state index is -0.812. The zero-order chi connectivity index (χ0) is 14.2. The molecule has 1 unspecified atom stereocenters. The van der Waals surface area contributed by atoms with E-state index in [2.05, 4.69) is 11.4 Å². The van der Waals surface area contributed by atoms with E-state index >= 15 is 0 Å². The molecule has 20 heavy (non-hydrogen) atoms.